The van der Waals surface area contributed by atoms with Gasteiger partial charge in [0.2, 0.25) is 5.95 Å². The van der Waals surface area contributed by atoms with Gasteiger partial charge < -0.3 is 10.7 Å². The summed E-state index contributed by atoms with van der Waals surface area (Å²) in [6.45, 7) is 1.75. The maximum atomic E-state index is 13.4. The van der Waals surface area contributed by atoms with Crippen LogP contribution in [0.1, 0.15) is 21.6 Å². The molecule has 1 aromatic carbocycles. The topological polar surface area (TPSA) is 95.6 Å². The van der Waals surface area contributed by atoms with Crippen molar-refractivity contribution >= 4 is 16.8 Å². The van der Waals surface area contributed by atoms with Gasteiger partial charge in [-0.2, -0.15) is 9.65 Å². The summed E-state index contributed by atoms with van der Waals surface area (Å²) in [6.07, 6.45) is 1.35. The maximum absolute atomic E-state index is 13.4. The Morgan fingerprint density at radius 3 is 2.82 bits per heavy atom. The van der Waals surface area contributed by atoms with Gasteiger partial charge in [-0.25, -0.2) is 4.98 Å². The lowest BCUT2D eigenvalue weighted by Gasteiger charge is -2.05. The van der Waals surface area contributed by atoms with Crippen LogP contribution in [0.4, 0.5) is 4.39 Å². The van der Waals surface area contributed by atoms with Gasteiger partial charge in [-0.3, -0.25) is 4.79 Å². The third-order valence-electron chi connectivity index (χ3n) is 3.58. The largest absolute Gasteiger partial charge is 0.364 e. The molecule has 0 aliphatic rings. The first-order valence-corrected chi connectivity index (χ1v) is 6.49. The number of nitrogens with one attached hydrogen (secondary N) is 1. The Hall–Kier alpha value is -3.20. The number of nitriles is 1. The van der Waals surface area contributed by atoms with Crippen molar-refractivity contribution in [2.75, 3.05) is 0 Å². The number of hydrogen-bond acceptors (Lipinski definition) is 3. The van der Waals surface area contributed by atoms with Crippen molar-refractivity contribution in [3.8, 4) is 17.2 Å². The molecule has 0 saturated carbocycles. The molecule has 0 fully saturated rings. The standard InChI is InChI=1S/C16H11FN4O/c1-8-11-4-9(7-18)5-12(10-2-3-20-13(17)6-10)15(11)21-14(8)16(19)22/h2-6,21H,1H3,(H2,19,22). The number of hydrogen-bond donors (Lipinski definition) is 2. The molecule has 6 heteroatoms. The van der Waals surface area contributed by atoms with Gasteiger partial charge in [-0.1, -0.05) is 0 Å². The van der Waals surface area contributed by atoms with Gasteiger partial charge in [0.05, 0.1) is 17.1 Å². The summed E-state index contributed by atoms with van der Waals surface area (Å²) >= 11 is 0. The highest BCUT2D eigenvalue weighted by Crippen LogP contribution is 2.32. The van der Waals surface area contributed by atoms with Crippen LogP contribution in [0.15, 0.2) is 30.5 Å². The number of aryl methyl sites for hydroxylation is 1. The first-order valence-electron chi connectivity index (χ1n) is 6.49. The molecule has 0 unspecified atom stereocenters. The number of primary amides is 1. The number of amides is 1. The van der Waals surface area contributed by atoms with E-state index in [9.17, 15) is 14.4 Å². The average Bonchev–Trinajstić information content (AvgIpc) is 2.84. The minimum absolute atomic E-state index is 0.279. The third kappa shape index (κ3) is 2.09. The van der Waals surface area contributed by atoms with E-state index in [-0.39, 0.29) is 5.69 Å². The molecule has 3 N–H and O–H groups in total. The van der Waals surface area contributed by atoms with E-state index in [2.05, 4.69) is 16.0 Å². The summed E-state index contributed by atoms with van der Waals surface area (Å²) in [5, 5.41) is 9.90. The summed E-state index contributed by atoms with van der Waals surface area (Å²) < 4.78 is 13.4. The normalized spacial score (nSPS) is 10.6. The molecule has 5 nitrogen and oxygen atoms in total. The second kappa shape index (κ2) is 4.97. The summed E-state index contributed by atoms with van der Waals surface area (Å²) in [7, 11) is 0. The van der Waals surface area contributed by atoms with Crippen LogP contribution in [0.5, 0.6) is 0 Å². The Bertz CT molecular complexity index is 953. The van der Waals surface area contributed by atoms with Gasteiger partial charge >= 0.3 is 0 Å². The number of pyridine rings is 1. The Morgan fingerprint density at radius 2 is 2.18 bits per heavy atom. The van der Waals surface area contributed by atoms with Crippen LogP contribution in [0.3, 0.4) is 0 Å². The molecule has 3 aromatic rings. The second-order valence-corrected chi connectivity index (χ2v) is 4.91. The molecule has 108 valence electrons. The van der Waals surface area contributed by atoms with E-state index in [1.807, 2.05) is 0 Å². The summed E-state index contributed by atoms with van der Waals surface area (Å²) in [5.41, 5.74) is 8.53. The molecule has 0 atom stereocenters. The molecule has 2 heterocycles. The number of benzene rings is 1. The molecule has 2 aromatic heterocycles. The molecule has 0 saturated heterocycles. The zero-order chi connectivity index (χ0) is 15.9. The van der Waals surface area contributed by atoms with E-state index in [0.717, 1.165) is 0 Å². The van der Waals surface area contributed by atoms with Crippen LogP contribution in [-0.4, -0.2) is 15.9 Å². The predicted molar refractivity (Wildman–Crippen MR) is 79.5 cm³/mol. The molecule has 0 spiro atoms. The fourth-order valence-electron chi connectivity index (χ4n) is 2.53. The summed E-state index contributed by atoms with van der Waals surface area (Å²) in [4.78, 5) is 18.0. The highest BCUT2D eigenvalue weighted by Gasteiger charge is 2.16. The van der Waals surface area contributed by atoms with E-state index in [1.165, 1.54) is 12.3 Å². The number of carbonyl (C=O) groups excluding carboxylic acids is 1. The number of nitrogens with two attached hydrogens (primary N) is 1. The average molecular weight is 294 g/mol. The molecule has 1 amide bonds. The number of halogens is 1. The van der Waals surface area contributed by atoms with E-state index in [1.54, 1.807) is 25.1 Å². The molecular formula is C16H11FN4O. The minimum Gasteiger partial charge on any atom is -0.364 e. The monoisotopic (exact) mass is 294 g/mol. The van der Waals surface area contributed by atoms with E-state index in [4.69, 9.17) is 5.73 Å². The van der Waals surface area contributed by atoms with Crippen molar-refractivity contribution in [3.05, 3.63) is 53.2 Å². The molecule has 0 aliphatic carbocycles. The first kappa shape index (κ1) is 13.8. The van der Waals surface area contributed by atoms with Crippen LogP contribution in [0.2, 0.25) is 0 Å². The number of rotatable bonds is 2. The van der Waals surface area contributed by atoms with Crippen LogP contribution < -0.4 is 5.73 Å². The van der Waals surface area contributed by atoms with E-state index < -0.39 is 11.9 Å². The molecule has 0 bridgehead atoms. The lowest BCUT2D eigenvalue weighted by atomic mass is 9.99. The summed E-state index contributed by atoms with van der Waals surface area (Å²) in [5.74, 6) is -1.20. The van der Waals surface area contributed by atoms with Crippen molar-refractivity contribution < 1.29 is 9.18 Å². The van der Waals surface area contributed by atoms with Crippen molar-refractivity contribution in [1.82, 2.24) is 9.97 Å². The lowest BCUT2D eigenvalue weighted by Crippen LogP contribution is -2.12. The van der Waals surface area contributed by atoms with Gasteiger partial charge in [0.15, 0.2) is 0 Å². The highest BCUT2D eigenvalue weighted by molar-refractivity contribution is 6.04. The number of nitrogens with zero attached hydrogens (tertiary/aromatic N) is 2. The van der Waals surface area contributed by atoms with Crippen LogP contribution in [-0.2, 0) is 0 Å². The van der Waals surface area contributed by atoms with Gasteiger partial charge in [-0.05, 0) is 36.2 Å². The molecule has 0 aliphatic heterocycles. The minimum atomic E-state index is -0.619. The van der Waals surface area contributed by atoms with Crippen molar-refractivity contribution in [3.63, 3.8) is 0 Å². The van der Waals surface area contributed by atoms with Gasteiger partial charge in [0.25, 0.3) is 5.91 Å². The predicted octanol–water partition coefficient (Wildman–Crippen LogP) is 2.65. The molecule has 0 radical (unpaired) electrons. The third-order valence-corrected chi connectivity index (χ3v) is 3.58. The van der Waals surface area contributed by atoms with Crippen LogP contribution >= 0.6 is 0 Å². The van der Waals surface area contributed by atoms with E-state index in [0.29, 0.717) is 33.2 Å². The number of H-pyrrole nitrogens is 1. The number of carbonyl (C=O) groups is 1. The van der Waals surface area contributed by atoms with Crippen LogP contribution in [0.25, 0.3) is 22.0 Å². The maximum Gasteiger partial charge on any atom is 0.265 e. The van der Waals surface area contributed by atoms with Crippen molar-refractivity contribution in [2.45, 2.75) is 6.92 Å². The zero-order valence-corrected chi connectivity index (χ0v) is 11.6. The summed E-state index contributed by atoms with van der Waals surface area (Å²) in [6, 6.07) is 8.29. The van der Waals surface area contributed by atoms with Gasteiger partial charge in [0, 0.05) is 23.2 Å². The number of fused-ring (bicyclic) bond motifs is 1. The number of aromatic amines is 1. The molecular weight excluding hydrogens is 283 g/mol. The first-order chi connectivity index (χ1) is 10.5. The Kier molecular flexibility index (Phi) is 3.11. The Balaban J connectivity index is 2.41. The fraction of sp³-hybridized carbons (Fsp3) is 0.0625. The van der Waals surface area contributed by atoms with Crippen molar-refractivity contribution in [1.29, 1.82) is 5.26 Å². The molecule has 22 heavy (non-hydrogen) atoms. The van der Waals surface area contributed by atoms with Crippen LogP contribution in [0, 0.1) is 24.2 Å². The SMILES string of the molecule is Cc1c(C(N)=O)[nH]c2c(-c3ccnc(F)c3)cc(C#N)cc12. The molecule has 3 rings (SSSR count). The van der Waals surface area contributed by atoms with Gasteiger partial charge in [0.1, 0.15) is 5.69 Å². The lowest BCUT2D eigenvalue weighted by molar-refractivity contribution is 0.0996. The Morgan fingerprint density at radius 1 is 1.41 bits per heavy atom. The zero-order valence-electron chi connectivity index (χ0n) is 11.6. The smallest absolute Gasteiger partial charge is 0.265 e. The highest BCUT2D eigenvalue weighted by atomic mass is 19.1. The second-order valence-electron chi connectivity index (χ2n) is 4.91. The van der Waals surface area contributed by atoms with Crippen molar-refractivity contribution in [2.24, 2.45) is 5.73 Å². The van der Waals surface area contributed by atoms with E-state index >= 15 is 0 Å². The fourth-order valence-corrected chi connectivity index (χ4v) is 2.53. The Labute approximate surface area is 125 Å². The number of aromatic nitrogens is 2. The van der Waals surface area contributed by atoms with Gasteiger partial charge in [-0.15, -0.1) is 0 Å². The quantitative estimate of drug-likeness (QED) is 0.711.